The number of fused-ring (bicyclic) bond motifs is 5. The molecule has 4 aliphatic rings. The van der Waals surface area contributed by atoms with Gasteiger partial charge < -0.3 is 9.64 Å². The molecule has 6 nitrogen and oxygen atoms in total. The van der Waals surface area contributed by atoms with E-state index in [9.17, 15) is 4.39 Å². The SMILES string of the molecule is Cc1cc2ccc(F)c(C#C[Si](C(C)C)(C(C)C)C(C)C)c2c(-c2c(F)cc3c(N4CC5CCC(C5)C4)nc(OC[C@@]45CCCN4C[C@H](F)C5)nc3c2F)n1. The molecule has 2 aromatic carbocycles. The summed E-state index contributed by atoms with van der Waals surface area (Å²) in [4.78, 5) is 18.5. The van der Waals surface area contributed by atoms with Gasteiger partial charge in [0.15, 0.2) is 5.82 Å². The van der Waals surface area contributed by atoms with E-state index in [1.54, 1.807) is 19.1 Å². The Morgan fingerprint density at radius 2 is 1.64 bits per heavy atom. The first-order valence-corrected chi connectivity index (χ1v) is 22.5. The number of anilines is 1. The maximum Gasteiger partial charge on any atom is 0.319 e. The number of pyridine rings is 1. The maximum atomic E-state index is 17.5. The molecule has 4 aromatic rings. The van der Waals surface area contributed by atoms with Gasteiger partial charge in [-0.1, -0.05) is 53.5 Å². The molecule has 292 valence electrons. The Labute approximate surface area is 323 Å². The van der Waals surface area contributed by atoms with Crippen molar-refractivity contribution < 1.29 is 22.3 Å². The number of piperidine rings is 1. The monoisotopic (exact) mass is 771 g/mol. The summed E-state index contributed by atoms with van der Waals surface area (Å²) in [7, 11) is -2.31. The summed E-state index contributed by atoms with van der Waals surface area (Å²) in [5, 5.41) is 1.12. The minimum atomic E-state index is -2.31. The summed E-state index contributed by atoms with van der Waals surface area (Å²) in [6.07, 6.45) is 4.57. The normalized spacial score (nSPS) is 24.1. The first kappa shape index (κ1) is 38.1. The van der Waals surface area contributed by atoms with Crippen molar-refractivity contribution in [2.24, 2.45) is 11.8 Å². The topological polar surface area (TPSA) is 54.4 Å². The molecule has 2 bridgehead atoms. The fourth-order valence-corrected chi connectivity index (χ4v) is 16.3. The fourth-order valence-electron chi connectivity index (χ4n) is 11.1. The van der Waals surface area contributed by atoms with Gasteiger partial charge >= 0.3 is 6.01 Å². The number of halogens is 4. The molecule has 8 rings (SSSR count). The molecule has 1 aliphatic carbocycles. The van der Waals surface area contributed by atoms with Crippen LogP contribution in [0.15, 0.2) is 24.3 Å². The van der Waals surface area contributed by atoms with E-state index >= 15 is 13.2 Å². The maximum absolute atomic E-state index is 17.5. The number of nitrogens with zero attached hydrogens (tertiary/aromatic N) is 5. The molecule has 2 unspecified atom stereocenters. The molecule has 0 N–H and O–H groups in total. The molecule has 2 aromatic heterocycles. The summed E-state index contributed by atoms with van der Waals surface area (Å²) >= 11 is 0. The van der Waals surface area contributed by atoms with E-state index in [4.69, 9.17) is 14.7 Å². The van der Waals surface area contributed by atoms with Crippen LogP contribution in [0.3, 0.4) is 0 Å². The van der Waals surface area contributed by atoms with Crippen LogP contribution in [0.25, 0.3) is 32.9 Å². The Hall–Kier alpha value is -3.75. The van der Waals surface area contributed by atoms with Gasteiger partial charge in [-0.2, -0.15) is 9.97 Å². The first-order valence-electron chi connectivity index (χ1n) is 20.3. The molecular weight excluding hydrogens is 719 g/mol. The van der Waals surface area contributed by atoms with Crippen molar-refractivity contribution >= 4 is 35.6 Å². The zero-order valence-electron chi connectivity index (χ0n) is 33.2. The molecular formula is C44H53F4N5OSi. The van der Waals surface area contributed by atoms with Crippen LogP contribution in [-0.2, 0) is 0 Å². The van der Waals surface area contributed by atoms with Crippen LogP contribution in [-0.4, -0.2) is 72.4 Å². The third kappa shape index (κ3) is 6.49. The quantitative estimate of drug-likeness (QED) is 0.101. The van der Waals surface area contributed by atoms with Crippen molar-refractivity contribution in [1.82, 2.24) is 19.9 Å². The van der Waals surface area contributed by atoms with Gasteiger partial charge in [0.1, 0.15) is 43.8 Å². The molecule has 4 fully saturated rings. The lowest BCUT2D eigenvalue weighted by Gasteiger charge is -2.38. The van der Waals surface area contributed by atoms with Crippen LogP contribution in [0, 0.1) is 47.7 Å². The van der Waals surface area contributed by atoms with Crippen molar-refractivity contribution in [2.45, 2.75) is 115 Å². The Bertz CT molecular complexity index is 2180. The second kappa shape index (κ2) is 14.3. The summed E-state index contributed by atoms with van der Waals surface area (Å²) in [5.41, 5.74) is 4.20. The highest BCUT2D eigenvalue weighted by molar-refractivity contribution is 6.90. The Morgan fingerprint density at radius 1 is 0.927 bits per heavy atom. The molecule has 5 heterocycles. The number of hydrogen-bond donors (Lipinski definition) is 0. The van der Waals surface area contributed by atoms with E-state index in [2.05, 4.69) is 67.8 Å². The predicted molar refractivity (Wildman–Crippen MR) is 214 cm³/mol. The number of rotatable bonds is 8. The number of ether oxygens (including phenoxy) is 1. The highest BCUT2D eigenvalue weighted by atomic mass is 28.3. The number of aromatic nitrogens is 3. The highest BCUT2D eigenvalue weighted by Gasteiger charge is 2.49. The number of benzene rings is 2. The smallest absolute Gasteiger partial charge is 0.319 e. The molecule has 11 heteroatoms. The lowest BCUT2D eigenvalue weighted by molar-refractivity contribution is 0.107. The van der Waals surface area contributed by atoms with Gasteiger partial charge in [0, 0.05) is 42.5 Å². The average molecular weight is 772 g/mol. The van der Waals surface area contributed by atoms with Gasteiger partial charge in [0.05, 0.1) is 22.4 Å². The van der Waals surface area contributed by atoms with Gasteiger partial charge in [-0.15, -0.1) is 5.54 Å². The van der Waals surface area contributed by atoms with E-state index in [1.165, 1.54) is 12.1 Å². The zero-order chi connectivity index (χ0) is 39.0. The van der Waals surface area contributed by atoms with Crippen LogP contribution in [0.4, 0.5) is 23.4 Å². The lowest BCUT2D eigenvalue weighted by Crippen LogP contribution is -2.43. The van der Waals surface area contributed by atoms with E-state index in [-0.39, 0.29) is 45.7 Å². The summed E-state index contributed by atoms with van der Waals surface area (Å²) in [6.45, 7) is 17.7. The second-order valence-corrected chi connectivity index (χ2v) is 23.4. The molecule has 0 radical (unpaired) electrons. The van der Waals surface area contributed by atoms with Crippen molar-refractivity contribution in [3.63, 3.8) is 0 Å². The molecule has 55 heavy (non-hydrogen) atoms. The predicted octanol–water partition coefficient (Wildman–Crippen LogP) is 10.3. The van der Waals surface area contributed by atoms with Crippen molar-refractivity contribution in [3.8, 4) is 28.7 Å². The second-order valence-electron chi connectivity index (χ2n) is 17.9. The molecule has 4 atom stereocenters. The van der Waals surface area contributed by atoms with Gasteiger partial charge in [-0.3, -0.25) is 9.88 Å². The minimum Gasteiger partial charge on any atom is -0.461 e. The largest absolute Gasteiger partial charge is 0.461 e. The molecule has 3 saturated heterocycles. The van der Waals surface area contributed by atoms with Gasteiger partial charge in [-0.25, -0.2) is 17.6 Å². The van der Waals surface area contributed by atoms with E-state index in [0.29, 0.717) is 58.3 Å². The van der Waals surface area contributed by atoms with Crippen LogP contribution in [0.5, 0.6) is 6.01 Å². The van der Waals surface area contributed by atoms with Crippen LogP contribution < -0.4 is 9.64 Å². The standard InChI is InChI=1S/C44H53F4N5OSi/c1-25(2)55(26(3)4,27(5)6)16-13-33-35(46)12-11-31-17-28(7)49-41(37(31)33)38-36(47)19-34-40(39(38)48)50-43(51-42(34)52-21-29-9-10-30(18-29)22-52)54-24-44-14-8-15-53(44)23-32(45)20-44/h11-12,17,19,25-27,29-30,32H,8-10,14-15,18,20-24H2,1-7H3/t29?,30?,32-,44+/m1/s1. The number of alkyl halides is 1. The number of hydrogen-bond acceptors (Lipinski definition) is 6. The molecule has 1 saturated carbocycles. The fraction of sp³-hybridized carbons (Fsp3) is 0.568. The Morgan fingerprint density at radius 3 is 2.33 bits per heavy atom. The van der Waals surface area contributed by atoms with Crippen LogP contribution in [0.1, 0.15) is 91.3 Å². The molecule has 0 spiro atoms. The average Bonchev–Trinajstić information content (AvgIpc) is 3.77. The van der Waals surface area contributed by atoms with Crippen molar-refractivity contribution in [3.05, 3.63) is 53.0 Å². The van der Waals surface area contributed by atoms with Crippen LogP contribution >= 0.6 is 0 Å². The van der Waals surface area contributed by atoms with Crippen molar-refractivity contribution in [1.29, 1.82) is 0 Å². The minimum absolute atomic E-state index is 0.0133. The zero-order valence-corrected chi connectivity index (χ0v) is 34.2. The summed E-state index contributed by atoms with van der Waals surface area (Å²) in [6, 6.07) is 6.08. The van der Waals surface area contributed by atoms with Crippen LogP contribution in [0.2, 0.25) is 16.6 Å². The molecule has 0 amide bonds. The van der Waals surface area contributed by atoms with Gasteiger partial charge in [-0.05, 0) is 97.6 Å². The highest BCUT2D eigenvalue weighted by Crippen LogP contribution is 2.45. The summed E-state index contributed by atoms with van der Waals surface area (Å²) < 4.78 is 71.4. The van der Waals surface area contributed by atoms with Gasteiger partial charge in [0.25, 0.3) is 0 Å². The number of aryl methyl sites for hydroxylation is 1. The van der Waals surface area contributed by atoms with E-state index < -0.39 is 37.2 Å². The lowest BCUT2D eigenvalue weighted by atomic mass is 9.95. The van der Waals surface area contributed by atoms with Gasteiger partial charge in [0.2, 0.25) is 0 Å². The Balaban J connectivity index is 1.31. The van der Waals surface area contributed by atoms with E-state index in [0.717, 1.165) is 51.7 Å². The van der Waals surface area contributed by atoms with E-state index in [1.807, 2.05) is 0 Å². The first-order chi connectivity index (χ1) is 26.2. The third-order valence-electron chi connectivity index (χ3n) is 13.6. The molecule has 3 aliphatic heterocycles. The summed E-state index contributed by atoms with van der Waals surface area (Å²) in [5.74, 6) is 2.35. The van der Waals surface area contributed by atoms with Crippen molar-refractivity contribution in [2.75, 3.05) is 37.7 Å². The third-order valence-corrected chi connectivity index (χ3v) is 19.9. The Kier molecular flexibility index (Phi) is 9.93.